The first-order valence-electron chi connectivity index (χ1n) is 8.26. The van der Waals surface area contributed by atoms with Gasteiger partial charge in [-0.15, -0.1) is 0 Å². The number of ether oxygens (including phenoxy) is 2. The van der Waals surface area contributed by atoms with Crippen molar-refractivity contribution in [3.05, 3.63) is 54.2 Å². The summed E-state index contributed by atoms with van der Waals surface area (Å²) >= 11 is 0. The van der Waals surface area contributed by atoms with E-state index in [1.165, 1.54) is 6.07 Å². The van der Waals surface area contributed by atoms with Gasteiger partial charge in [-0.05, 0) is 24.3 Å². The number of hydrogen-bond acceptors (Lipinski definition) is 5. The molecule has 2 aromatic rings. The zero-order chi connectivity index (χ0) is 16.4. The minimum atomic E-state index is -0.413. The van der Waals surface area contributed by atoms with Crippen LogP contribution >= 0.6 is 0 Å². The SMILES string of the molecule is Fc1cccnc1O[C@@H]1CCOC2(C1)CN(Cc1ccccn1)C2. The summed E-state index contributed by atoms with van der Waals surface area (Å²) in [6, 6.07) is 8.89. The van der Waals surface area contributed by atoms with Gasteiger partial charge in [-0.3, -0.25) is 9.88 Å². The van der Waals surface area contributed by atoms with E-state index in [9.17, 15) is 4.39 Å². The van der Waals surface area contributed by atoms with Crippen LogP contribution in [0.4, 0.5) is 4.39 Å². The molecule has 0 aromatic carbocycles. The van der Waals surface area contributed by atoms with E-state index in [2.05, 4.69) is 14.9 Å². The predicted molar refractivity (Wildman–Crippen MR) is 86.0 cm³/mol. The third-order valence-electron chi connectivity index (χ3n) is 4.59. The summed E-state index contributed by atoms with van der Waals surface area (Å²) in [4.78, 5) is 10.6. The third-order valence-corrected chi connectivity index (χ3v) is 4.59. The van der Waals surface area contributed by atoms with Crippen LogP contribution in [-0.4, -0.2) is 46.3 Å². The van der Waals surface area contributed by atoms with E-state index in [1.807, 2.05) is 24.4 Å². The van der Waals surface area contributed by atoms with E-state index in [0.717, 1.165) is 38.2 Å². The molecule has 0 unspecified atom stereocenters. The second-order valence-electron chi connectivity index (χ2n) is 6.52. The Bertz CT molecular complexity index is 692. The van der Waals surface area contributed by atoms with Crippen molar-refractivity contribution in [3.8, 4) is 5.88 Å². The molecule has 1 spiro atoms. The molecule has 2 aliphatic heterocycles. The van der Waals surface area contributed by atoms with Crippen molar-refractivity contribution in [1.29, 1.82) is 0 Å². The van der Waals surface area contributed by atoms with Crippen LogP contribution < -0.4 is 4.74 Å². The predicted octanol–water partition coefficient (Wildman–Crippen LogP) is 2.43. The maximum atomic E-state index is 13.7. The average Bonchev–Trinajstić information content (AvgIpc) is 2.57. The second-order valence-corrected chi connectivity index (χ2v) is 6.52. The van der Waals surface area contributed by atoms with Crippen molar-refractivity contribution >= 4 is 0 Å². The highest BCUT2D eigenvalue weighted by atomic mass is 19.1. The lowest BCUT2D eigenvalue weighted by atomic mass is 9.84. The Labute approximate surface area is 140 Å². The number of aromatic nitrogens is 2. The van der Waals surface area contributed by atoms with Gasteiger partial charge < -0.3 is 9.47 Å². The molecular weight excluding hydrogens is 309 g/mol. The largest absolute Gasteiger partial charge is 0.472 e. The third kappa shape index (κ3) is 3.25. The summed E-state index contributed by atoms with van der Waals surface area (Å²) in [5.41, 5.74) is 0.884. The lowest BCUT2D eigenvalue weighted by Gasteiger charge is -2.52. The second kappa shape index (κ2) is 6.45. The molecule has 2 fully saturated rings. The van der Waals surface area contributed by atoms with Crippen molar-refractivity contribution in [3.63, 3.8) is 0 Å². The fourth-order valence-corrected chi connectivity index (χ4v) is 3.52. The molecule has 1 atom stereocenters. The molecule has 4 rings (SSSR count). The Morgan fingerprint density at radius 3 is 2.88 bits per heavy atom. The fraction of sp³-hybridized carbons (Fsp3) is 0.444. The Hall–Kier alpha value is -2.05. The van der Waals surface area contributed by atoms with Gasteiger partial charge in [-0.2, -0.15) is 0 Å². The molecule has 0 saturated carbocycles. The van der Waals surface area contributed by atoms with Crippen LogP contribution in [0.25, 0.3) is 0 Å². The van der Waals surface area contributed by atoms with Gasteiger partial charge in [0.2, 0.25) is 0 Å². The quantitative estimate of drug-likeness (QED) is 0.862. The maximum Gasteiger partial charge on any atom is 0.250 e. The Kier molecular flexibility index (Phi) is 4.16. The van der Waals surface area contributed by atoms with Crippen LogP contribution in [-0.2, 0) is 11.3 Å². The topological polar surface area (TPSA) is 47.5 Å². The first-order valence-corrected chi connectivity index (χ1v) is 8.26. The maximum absolute atomic E-state index is 13.7. The van der Waals surface area contributed by atoms with Gasteiger partial charge in [-0.25, -0.2) is 9.37 Å². The summed E-state index contributed by atoms with van der Waals surface area (Å²) in [6.07, 6.45) is 4.83. The minimum absolute atomic E-state index is 0.0554. The molecule has 0 radical (unpaired) electrons. The van der Waals surface area contributed by atoms with Gasteiger partial charge in [0.05, 0.1) is 17.9 Å². The Balaban J connectivity index is 1.34. The highest BCUT2D eigenvalue weighted by molar-refractivity contribution is 5.14. The molecule has 0 aliphatic carbocycles. The molecule has 0 amide bonds. The van der Waals surface area contributed by atoms with Crippen LogP contribution in [0, 0.1) is 5.82 Å². The van der Waals surface area contributed by atoms with Crippen molar-refractivity contribution in [2.75, 3.05) is 19.7 Å². The monoisotopic (exact) mass is 329 g/mol. The molecule has 2 aliphatic rings. The molecule has 0 bridgehead atoms. The first kappa shape index (κ1) is 15.5. The normalized spacial score (nSPS) is 23.0. The van der Waals surface area contributed by atoms with Crippen molar-refractivity contribution < 1.29 is 13.9 Å². The van der Waals surface area contributed by atoms with E-state index in [-0.39, 0.29) is 17.6 Å². The molecule has 4 heterocycles. The smallest absolute Gasteiger partial charge is 0.250 e. The van der Waals surface area contributed by atoms with E-state index < -0.39 is 5.82 Å². The van der Waals surface area contributed by atoms with Crippen LogP contribution in [0.1, 0.15) is 18.5 Å². The first-order chi connectivity index (χ1) is 11.7. The molecule has 5 nitrogen and oxygen atoms in total. The molecule has 0 N–H and O–H groups in total. The van der Waals surface area contributed by atoms with E-state index in [1.54, 1.807) is 12.3 Å². The Morgan fingerprint density at radius 1 is 1.21 bits per heavy atom. The van der Waals surface area contributed by atoms with Crippen LogP contribution in [0.3, 0.4) is 0 Å². The van der Waals surface area contributed by atoms with Crippen LogP contribution in [0.2, 0.25) is 0 Å². The fourth-order valence-electron chi connectivity index (χ4n) is 3.52. The summed E-state index contributed by atoms with van der Waals surface area (Å²) in [6.45, 7) is 3.17. The lowest BCUT2D eigenvalue weighted by molar-refractivity contribution is -0.188. The van der Waals surface area contributed by atoms with Crippen molar-refractivity contribution in [1.82, 2.24) is 14.9 Å². The summed E-state index contributed by atoms with van der Waals surface area (Å²) < 4.78 is 25.5. The molecule has 126 valence electrons. The highest BCUT2D eigenvalue weighted by Crippen LogP contribution is 2.36. The number of hydrogen-bond donors (Lipinski definition) is 0. The summed E-state index contributed by atoms with van der Waals surface area (Å²) in [5, 5.41) is 0. The van der Waals surface area contributed by atoms with Gasteiger partial charge >= 0.3 is 0 Å². The van der Waals surface area contributed by atoms with Gasteiger partial charge in [0, 0.05) is 44.9 Å². The van der Waals surface area contributed by atoms with Crippen LogP contribution in [0.5, 0.6) is 5.88 Å². The van der Waals surface area contributed by atoms with Crippen molar-refractivity contribution in [2.45, 2.75) is 31.1 Å². The summed E-state index contributed by atoms with van der Waals surface area (Å²) in [5.74, 6) is -0.326. The number of halogens is 1. The molecule has 2 saturated heterocycles. The molecular formula is C18H20FN3O2. The number of nitrogens with zero attached hydrogens (tertiary/aromatic N) is 3. The molecule has 24 heavy (non-hydrogen) atoms. The van der Waals surface area contributed by atoms with E-state index in [4.69, 9.17) is 9.47 Å². The highest BCUT2D eigenvalue weighted by Gasteiger charge is 2.48. The zero-order valence-electron chi connectivity index (χ0n) is 13.4. The summed E-state index contributed by atoms with van der Waals surface area (Å²) in [7, 11) is 0. The van der Waals surface area contributed by atoms with Gasteiger partial charge in [0.25, 0.3) is 5.88 Å². The number of rotatable bonds is 4. The van der Waals surface area contributed by atoms with Crippen LogP contribution in [0.15, 0.2) is 42.7 Å². The van der Waals surface area contributed by atoms with E-state index in [0.29, 0.717) is 6.61 Å². The average molecular weight is 329 g/mol. The van der Waals surface area contributed by atoms with Gasteiger partial charge in [-0.1, -0.05) is 6.07 Å². The molecule has 6 heteroatoms. The number of pyridine rings is 2. The Morgan fingerprint density at radius 2 is 2.08 bits per heavy atom. The lowest BCUT2D eigenvalue weighted by Crippen LogP contribution is -2.65. The molecule has 2 aromatic heterocycles. The minimum Gasteiger partial charge on any atom is -0.472 e. The standard InChI is InChI=1S/C18H20FN3O2/c19-16-5-3-8-21-17(16)24-15-6-9-23-18(10-15)12-22(13-18)11-14-4-1-2-7-20-14/h1-5,7-8,15H,6,9-13H2/t15-/m1/s1. The number of likely N-dealkylation sites (tertiary alicyclic amines) is 1. The van der Waals surface area contributed by atoms with Crippen molar-refractivity contribution in [2.24, 2.45) is 0 Å². The van der Waals surface area contributed by atoms with Gasteiger partial charge in [0.15, 0.2) is 5.82 Å². The zero-order valence-corrected chi connectivity index (χ0v) is 13.4. The van der Waals surface area contributed by atoms with E-state index >= 15 is 0 Å². The van der Waals surface area contributed by atoms with Gasteiger partial charge in [0.1, 0.15) is 6.10 Å².